The summed E-state index contributed by atoms with van der Waals surface area (Å²) in [5.41, 5.74) is 0.498. The maximum absolute atomic E-state index is 13.2. The van der Waals surface area contributed by atoms with E-state index in [1.165, 1.54) is 11.3 Å². The number of thiophene rings is 1. The molecule has 2 aromatic heterocycles. The van der Waals surface area contributed by atoms with Crippen molar-refractivity contribution in [2.75, 3.05) is 34.0 Å². The Morgan fingerprint density at radius 1 is 1.17 bits per heavy atom. The molecule has 0 saturated carbocycles. The fraction of sp³-hybridized carbons (Fsp3) is 0.409. The van der Waals surface area contributed by atoms with E-state index in [-0.39, 0.29) is 11.5 Å². The van der Waals surface area contributed by atoms with E-state index in [4.69, 9.17) is 14.5 Å². The smallest absolute Gasteiger partial charge is 0.264 e. The van der Waals surface area contributed by atoms with Crippen LogP contribution in [-0.2, 0) is 16.0 Å². The molecule has 3 aromatic rings. The summed E-state index contributed by atoms with van der Waals surface area (Å²) in [6.07, 6.45) is 0.688. The van der Waals surface area contributed by atoms with Gasteiger partial charge in [-0.15, -0.1) is 11.3 Å². The van der Waals surface area contributed by atoms with Crippen molar-refractivity contribution in [2.24, 2.45) is 0 Å². The highest BCUT2D eigenvalue weighted by molar-refractivity contribution is 7.12. The lowest BCUT2D eigenvalue weighted by molar-refractivity contribution is 0.0658. The third-order valence-electron chi connectivity index (χ3n) is 4.99. The Balaban J connectivity index is 2.06. The van der Waals surface area contributed by atoms with Gasteiger partial charge in [0.15, 0.2) is 0 Å². The van der Waals surface area contributed by atoms with Gasteiger partial charge < -0.3 is 14.4 Å². The van der Waals surface area contributed by atoms with Crippen LogP contribution >= 0.6 is 11.3 Å². The van der Waals surface area contributed by atoms with Crippen LogP contribution in [0.15, 0.2) is 46.6 Å². The van der Waals surface area contributed by atoms with Crippen LogP contribution in [0, 0.1) is 0 Å². The minimum absolute atomic E-state index is 0.0747. The highest BCUT2D eigenvalue weighted by Gasteiger charge is 2.27. The van der Waals surface area contributed by atoms with Crippen molar-refractivity contribution >= 4 is 28.1 Å². The fourth-order valence-corrected chi connectivity index (χ4v) is 4.11. The van der Waals surface area contributed by atoms with Gasteiger partial charge in [0.25, 0.3) is 11.5 Å². The zero-order valence-electron chi connectivity index (χ0n) is 17.5. The Morgan fingerprint density at radius 3 is 2.63 bits per heavy atom. The topological polar surface area (TPSA) is 73.7 Å². The molecule has 0 aliphatic heterocycles. The van der Waals surface area contributed by atoms with Gasteiger partial charge in [-0.3, -0.25) is 14.2 Å². The van der Waals surface area contributed by atoms with E-state index >= 15 is 0 Å². The van der Waals surface area contributed by atoms with Crippen LogP contribution in [0.4, 0.5) is 0 Å². The quantitative estimate of drug-likeness (QED) is 0.462. The van der Waals surface area contributed by atoms with Gasteiger partial charge in [-0.05, 0) is 36.9 Å². The van der Waals surface area contributed by atoms with Crippen molar-refractivity contribution in [1.29, 1.82) is 0 Å². The number of amides is 1. The Bertz CT molecular complexity index is 1030. The van der Waals surface area contributed by atoms with Crippen LogP contribution in [0.3, 0.4) is 0 Å². The minimum Gasteiger partial charge on any atom is -0.385 e. The van der Waals surface area contributed by atoms with Gasteiger partial charge in [-0.2, -0.15) is 0 Å². The predicted molar refractivity (Wildman–Crippen MR) is 118 cm³/mol. The van der Waals surface area contributed by atoms with Crippen LogP contribution in [0.2, 0.25) is 0 Å². The lowest BCUT2D eigenvalue weighted by atomic mass is 10.2. The molecule has 0 aliphatic rings. The van der Waals surface area contributed by atoms with E-state index in [9.17, 15) is 9.59 Å². The van der Waals surface area contributed by atoms with E-state index in [1.807, 2.05) is 42.6 Å². The van der Waals surface area contributed by atoms with Crippen LogP contribution in [-0.4, -0.2) is 54.3 Å². The maximum Gasteiger partial charge on any atom is 0.264 e. The second-order valence-corrected chi connectivity index (χ2v) is 7.88. The summed E-state index contributed by atoms with van der Waals surface area (Å²) >= 11 is 1.40. The molecule has 160 valence electrons. The molecular formula is C22H27N3O4S. The number of rotatable bonds is 10. The molecule has 0 aliphatic carbocycles. The standard InChI is InChI=1S/C22H27N3O4S/c1-16(24(11-7-13-28-2)22(27)19-10-6-15-30-19)20-23-18-9-5-4-8-17(18)21(26)25(20)12-14-29-3/h4-6,8-10,15-16H,7,11-14H2,1-3H3. The van der Waals surface area contributed by atoms with E-state index in [0.717, 1.165) is 0 Å². The third kappa shape index (κ3) is 4.77. The Hall–Kier alpha value is -2.55. The van der Waals surface area contributed by atoms with E-state index in [2.05, 4.69) is 0 Å². The number of para-hydroxylation sites is 1. The van der Waals surface area contributed by atoms with Crippen molar-refractivity contribution in [3.63, 3.8) is 0 Å². The zero-order chi connectivity index (χ0) is 21.5. The molecule has 0 spiro atoms. The molecule has 0 saturated heterocycles. The molecule has 30 heavy (non-hydrogen) atoms. The lowest BCUT2D eigenvalue weighted by Crippen LogP contribution is -2.38. The highest BCUT2D eigenvalue weighted by atomic mass is 32.1. The molecule has 3 rings (SSSR count). The number of benzene rings is 1. The van der Waals surface area contributed by atoms with Crippen molar-refractivity contribution in [1.82, 2.24) is 14.5 Å². The van der Waals surface area contributed by atoms with Crippen molar-refractivity contribution < 1.29 is 14.3 Å². The van der Waals surface area contributed by atoms with E-state index < -0.39 is 6.04 Å². The second-order valence-electron chi connectivity index (χ2n) is 6.93. The molecule has 1 unspecified atom stereocenters. The van der Waals surface area contributed by atoms with Gasteiger partial charge in [0.1, 0.15) is 5.82 Å². The van der Waals surface area contributed by atoms with Gasteiger partial charge >= 0.3 is 0 Å². The van der Waals surface area contributed by atoms with Crippen molar-refractivity contribution in [3.8, 4) is 0 Å². The molecule has 0 bridgehead atoms. The summed E-state index contributed by atoms with van der Waals surface area (Å²) in [5.74, 6) is 0.479. The second kappa shape index (κ2) is 10.5. The number of ether oxygens (including phenoxy) is 2. The van der Waals surface area contributed by atoms with Gasteiger partial charge in [0.2, 0.25) is 0 Å². The molecule has 0 fully saturated rings. The van der Waals surface area contributed by atoms with E-state index in [0.29, 0.717) is 54.3 Å². The van der Waals surface area contributed by atoms with Gasteiger partial charge in [-0.1, -0.05) is 18.2 Å². The number of hydrogen-bond acceptors (Lipinski definition) is 6. The number of carbonyl (C=O) groups is 1. The number of fused-ring (bicyclic) bond motifs is 1. The number of methoxy groups -OCH3 is 2. The average Bonchev–Trinajstić information content (AvgIpc) is 3.30. The molecule has 1 amide bonds. The first-order valence-electron chi connectivity index (χ1n) is 9.90. The number of carbonyl (C=O) groups excluding carboxylic acids is 1. The average molecular weight is 430 g/mol. The summed E-state index contributed by atoms with van der Waals surface area (Å²) in [5, 5.41) is 2.44. The summed E-state index contributed by atoms with van der Waals surface area (Å²) in [6, 6.07) is 10.6. The number of aromatic nitrogens is 2. The highest BCUT2D eigenvalue weighted by Crippen LogP contribution is 2.24. The van der Waals surface area contributed by atoms with Crippen LogP contribution in [0.5, 0.6) is 0 Å². The van der Waals surface area contributed by atoms with Gasteiger partial charge in [0, 0.05) is 27.4 Å². The molecule has 1 aromatic carbocycles. The van der Waals surface area contributed by atoms with Crippen molar-refractivity contribution in [2.45, 2.75) is 25.9 Å². The predicted octanol–water partition coefficient (Wildman–Crippen LogP) is 3.34. The zero-order valence-corrected chi connectivity index (χ0v) is 18.4. The van der Waals surface area contributed by atoms with Crippen LogP contribution in [0.25, 0.3) is 10.9 Å². The lowest BCUT2D eigenvalue weighted by Gasteiger charge is -2.30. The summed E-state index contributed by atoms with van der Waals surface area (Å²) < 4.78 is 12.0. The summed E-state index contributed by atoms with van der Waals surface area (Å²) in [6.45, 7) is 3.70. The molecule has 1 atom stereocenters. The SMILES string of the molecule is COCCCN(C(=O)c1cccs1)C(C)c1nc2ccccc2c(=O)n1CCOC. The largest absolute Gasteiger partial charge is 0.385 e. The molecule has 7 nitrogen and oxygen atoms in total. The Labute approximate surface area is 179 Å². The molecule has 8 heteroatoms. The summed E-state index contributed by atoms with van der Waals surface area (Å²) in [4.78, 5) is 33.6. The first-order chi connectivity index (χ1) is 14.6. The summed E-state index contributed by atoms with van der Waals surface area (Å²) in [7, 11) is 3.24. The first kappa shape index (κ1) is 22.1. The van der Waals surface area contributed by atoms with Crippen LogP contribution < -0.4 is 5.56 Å². The molecule has 0 radical (unpaired) electrons. The monoisotopic (exact) mass is 429 g/mol. The molecular weight excluding hydrogens is 402 g/mol. The van der Waals surface area contributed by atoms with Gasteiger partial charge in [0.05, 0.1) is 35.0 Å². The van der Waals surface area contributed by atoms with Crippen molar-refractivity contribution in [3.05, 3.63) is 62.8 Å². The number of hydrogen-bond donors (Lipinski definition) is 0. The van der Waals surface area contributed by atoms with Gasteiger partial charge in [-0.25, -0.2) is 4.98 Å². The maximum atomic E-state index is 13.2. The Kier molecular flexibility index (Phi) is 7.73. The van der Waals surface area contributed by atoms with E-state index in [1.54, 1.807) is 29.8 Å². The normalized spacial score (nSPS) is 12.2. The molecule has 0 N–H and O–H groups in total. The van der Waals surface area contributed by atoms with Crippen LogP contribution in [0.1, 0.15) is 34.9 Å². The third-order valence-corrected chi connectivity index (χ3v) is 5.85. The Morgan fingerprint density at radius 2 is 1.93 bits per heavy atom. The number of nitrogens with zero attached hydrogens (tertiary/aromatic N) is 3. The first-order valence-corrected chi connectivity index (χ1v) is 10.8. The molecule has 2 heterocycles. The fourth-order valence-electron chi connectivity index (χ4n) is 3.43. The minimum atomic E-state index is -0.398.